The summed E-state index contributed by atoms with van der Waals surface area (Å²) in [6.07, 6.45) is 7.72. The third kappa shape index (κ3) is 5.07. The summed E-state index contributed by atoms with van der Waals surface area (Å²) < 4.78 is 28.0. The number of halogens is 1. The number of carbonyl (C=O) groups is 1. The van der Waals surface area contributed by atoms with Crippen LogP contribution in [0.3, 0.4) is 0 Å². The van der Waals surface area contributed by atoms with E-state index in [9.17, 15) is 18.3 Å². The van der Waals surface area contributed by atoms with Gasteiger partial charge >= 0.3 is 0 Å². The van der Waals surface area contributed by atoms with Crippen LogP contribution in [0.15, 0.2) is 30.5 Å². The van der Waals surface area contributed by atoms with Crippen LogP contribution in [0, 0.1) is 6.92 Å². The average Bonchev–Trinajstić information content (AvgIpc) is 3.03. The van der Waals surface area contributed by atoms with Crippen LogP contribution in [0.2, 0.25) is 5.02 Å². The van der Waals surface area contributed by atoms with Gasteiger partial charge in [0.15, 0.2) is 5.65 Å². The lowest BCUT2D eigenvalue weighted by atomic mass is 9.79. The lowest BCUT2D eigenvalue weighted by Crippen LogP contribution is -2.35. The lowest BCUT2D eigenvalue weighted by Gasteiger charge is -2.31. The third-order valence-corrected chi connectivity index (χ3v) is 7.88. The quantitative estimate of drug-likeness (QED) is 0.513. The maximum Gasteiger partial charge on any atom is 0.256 e. The molecule has 0 bridgehead atoms. The van der Waals surface area contributed by atoms with E-state index in [0.29, 0.717) is 17.2 Å². The number of hydrogen-bond acceptors (Lipinski definition) is 6. The number of amides is 1. The molecule has 1 unspecified atom stereocenters. The minimum Gasteiger partial charge on any atom is -0.393 e. The Balaban J connectivity index is 1.51. The monoisotopic (exact) mass is 531 g/mol. The van der Waals surface area contributed by atoms with E-state index in [-0.39, 0.29) is 35.2 Å². The fraction of sp³-hybridized carbons (Fsp3) is 0.480. The molecular formula is C25H30ClN5O4S. The minimum absolute atomic E-state index is 0.203. The van der Waals surface area contributed by atoms with Gasteiger partial charge in [-0.1, -0.05) is 24.4 Å². The van der Waals surface area contributed by atoms with E-state index < -0.39 is 10.0 Å². The molecule has 1 aromatic carbocycles. The second-order valence-corrected chi connectivity index (χ2v) is 12.1. The Labute approximate surface area is 215 Å². The van der Waals surface area contributed by atoms with Gasteiger partial charge in [0.2, 0.25) is 10.0 Å². The summed E-state index contributed by atoms with van der Waals surface area (Å²) in [6.45, 7) is 2.53. The van der Waals surface area contributed by atoms with E-state index in [1.54, 1.807) is 15.5 Å². The maximum atomic E-state index is 13.8. The van der Waals surface area contributed by atoms with Crippen molar-refractivity contribution in [1.82, 2.24) is 19.5 Å². The van der Waals surface area contributed by atoms with E-state index in [4.69, 9.17) is 21.7 Å². The first kappa shape index (κ1) is 25.0. The molecule has 2 aliphatic rings. The number of benzene rings is 1. The zero-order valence-electron chi connectivity index (χ0n) is 20.3. The number of nitrogens with one attached hydrogen (secondary N) is 1. The summed E-state index contributed by atoms with van der Waals surface area (Å²) in [6, 6.07) is 6.23. The molecule has 1 atom stereocenters. The number of aromatic nitrogens is 3. The Morgan fingerprint density at radius 1 is 1.19 bits per heavy atom. The van der Waals surface area contributed by atoms with Crippen molar-refractivity contribution in [1.29, 1.82) is 0 Å². The number of likely N-dealkylation sites (tertiary alicyclic amines) is 1. The highest BCUT2D eigenvalue weighted by atomic mass is 35.5. The molecule has 192 valence electrons. The second-order valence-electron chi connectivity index (χ2n) is 9.93. The van der Waals surface area contributed by atoms with Crippen LogP contribution in [0.25, 0.3) is 5.65 Å². The van der Waals surface area contributed by atoms with Crippen molar-refractivity contribution in [3.63, 3.8) is 0 Å². The van der Waals surface area contributed by atoms with E-state index in [1.807, 2.05) is 19.2 Å². The van der Waals surface area contributed by atoms with Crippen LogP contribution in [0.5, 0.6) is 0 Å². The minimum atomic E-state index is -3.59. The number of aryl methyl sites for hydroxylation is 1. The zero-order chi connectivity index (χ0) is 25.6. The van der Waals surface area contributed by atoms with Crippen LogP contribution in [0.4, 0.5) is 5.69 Å². The standard InChI is InChI=1S/C25H30ClN5O4S/c1-15-14-31-23(27-24(15)16-10-18(32)11-16)13-21(28-31)22-6-4-3-5-9-30(22)25(33)19-12-17(26)7-8-20(19)29-36(2,34)35/h7-8,12-14,16,18,22,29,32H,3-6,9-11H2,1-2H3. The third-order valence-electron chi connectivity index (χ3n) is 7.05. The second kappa shape index (κ2) is 9.64. The Morgan fingerprint density at radius 2 is 1.97 bits per heavy atom. The van der Waals surface area contributed by atoms with E-state index in [0.717, 1.165) is 61.7 Å². The maximum absolute atomic E-state index is 13.8. The predicted molar refractivity (Wildman–Crippen MR) is 138 cm³/mol. The van der Waals surface area contributed by atoms with Crippen molar-refractivity contribution in [3.05, 3.63) is 58.0 Å². The number of aliphatic hydroxyl groups excluding tert-OH is 1. The summed E-state index contributed by atoms with van der Waals surface area (Å²) >= 11 is 6.20. The van der Waals surface area contributed by atoms with Crippen molar-refractivity contribution in [2.24, 2.45) is 0 Å². The molecule has 2 fully saturated rings. The van der Waals surface area contributed by atoms with Crippen molar-refractivity contribution < 1.29 is 18.3 Å². The van der Waals surface area contributed by atoms with Crippen molar-refractivity contribution in [2.45, 2.75) is 63.5 Å². The van der Waals surface area contributed by atoms with Gasteiger partial charge in [-0.05, 0) is 56.4 Å². The van der Waals surface area contributed by atoms with E-state index in [1.165, 1.54) is 12.1 Å². The number of anilines is 1. The van der Waals surface area contributed by atoms with Crippen LogP contribution in [-0.2, 0) is 10.0 Å². The molecular weight excluding hydrogens is 502 g/mol. The summed E-state index contributed by atoms with van der Waals surface area (Å²) in [7, 11) is -3.59. The summed E-state index contributed by atoms with van der Waals surface area (Å²) in [5.41, 5.74) is 3.90. The number of fused-ring (bicyclic) bond motifs is 1. The van der Waals surface area contributed by atoms with Gasteiger partial charge in [0, 0.05) is 29.7 Å². The molecule has 2 N–H and O–H groups in total. The van der Waals surface area contributed by atoms with Gasteiger partial charge < -0.3 is 10.0 Å². The van der Waals surface area contributed by atoms with Gasteiger partial charge in [0.05, 0.1) is 41.0 Å². The molecule has 1 aliphatic heterocycles. The van der Waals surface area contributed by atoms with E-state index >= 15 is 0 Å². The summed E-state index contributed by atoms with van der Waals surface area (Å²) in [5.74, 6) is -0.0382. The van der Waals surface area contributed by atoms with Gasteiger partial charge in [0.1, 0.15) is 0 Å². The SMILES string of the molecule is Cc1cn2nc(C3CCCCCN3C(=O)c3cc(Cl)ccc3NS(C)(=O)=O)cc2nc1C1CC(O)C1. The predicted octanol–water partition coefficient (Wildman–Crippen LogP) is 4.06. The van der Waals surface area contributed by atoms with Gasteiger partial charge in [-0.3, -0.25) is 9.52 Å². The molecule has 11 heteroatoms. The molecule has 1 aliphatic carbocycles. The fourth-order valence-electron chi connectivity index (χ4n) is 5.23. The first-order valence-electron chi connectivity index (χ1n) is 12.2. The largest absolute Gasteiger partial charge is 0.393 e. The van der Waals surface area contributed by atoms with Crippen molar-refractivity contribution in [2.75, 3.05) is 17.5 Å². The molecule has 1 amide bonds. The molecule has 36 heavy (non-hydrogen) atoms. The van der Waals surface area contributed by atoms with Gasteiger partial charge in [-0.2, -0.15) is 5.10 Å². The smallest absolute Gasteiger partial charge is 0.256 e. The average molecular weight is 532 g/mol. The molecule has 0 radical (unpaired) electrons. The Bertz CT molecular complexity index is 1420. The molecule has 3 aromatic rings. The molecule has 5 rings (SSSR count). The Kier molecular flexibility index (Phi) is 6.69. The molecule has 1 saturated carbocycles. The number of rotatable bonds is 5. The highest BCUT2D eigenvalue weighted by Gasteiger charge is 2.33. The highest BCUT2D eigenvalue weighted by Crippen LogP contribution is 2.38. The Morgan fingerprint density at radius 3 is 2.69 bits per heavy atom. The van der Waals surface area contributed by atoms with Crippen LogP contribution in [-0.4, -0.2) is 57.8 Å². The number of carbonyl (C=O) groups excluding carboxylic acids is 1. The number of nitrogens with zero attached hydrogens (tertiary/aromatic N) is 4. The molecule has 3 heterocycles. The summed E-state index contributed by atoms with van der Waals surface area (Å²) in [4.78, 5) is 20.5. The van der Waals surface area contributed by atoms with Crippen LogP contribution >= 0.6 is 11.6 Å². The molecule has 9 nitrogen and oxygen atoms in total. The zero-order valence-corrected chi connectivity index (χ0v) is 21.9. The highest BCUT2D eigenvalue weighted by molar-refractivity contribution is 7.92. The van der Waals surface area contributed by atoms with Crippen LogP contribution in [0.1, 0.15) is 77.8 Å². The molecule has 2 aromatic heterocycles. The fourth-order valence-corrected chi connectivity index (χ4v) is 5.98. The van der Waals surface area contributed by atoms with Gasteiger partial charge in [0.25, 0.3) is 5.91 Å². The van der Waals surface area contributed by atoms with Crippen LogP contribution < -0.4 is 4.72 Å². The van der Waals surface area contributed by atoms with Crippen molar-refractivity contribution in [3.8, 4) is 0 Å². The lowest BCUT2D eigenvalue weighted by molar-refractivity contribution is 0.0677. The number of sulfonamides is 1. The van der Waals surface area contributed by atoms with E-state index in [2.05, 4.69) is 4.72 Å². The number of aliphatic hydroxyl groups is 1. The van der Waals surface area contributed by atoms with Gasteiger partial charge in [-0.25, -0.2) is 17.9 Å². The van der Waals surface area contributed by atoms with Crippen molar-refractivity contribution >= 4 is 38.9 Å². The normalized spacial score (nSPS) is 22.8. The first-order chi connectivity index (χ1) is 17.1. The Hall–Kier alpha value is -2.69. The topological polar surface area (TPSA) is 117 Å². The van der Waals surface area contributed by atoms with Gasteiger partial charge in [-0.15, -0.1) is 0 Å². The molecule has 0 spiro atoms. The molecule has 1 saturated heterocycles. The summed E-state index contributed by atoms with van der Waals surface area (Å²) in [5, 5.41) is 14.9. The number of hydrogen-bond donors (Lipinski definition) is 2. The first-order valence-corrected chi connectivity index (χ1v) is 14.5.